The molecule has 0 saturated carbocycles. The van der Waals surface area contributed by atoms with Crippen LogP contribution in [0.1, 0.15) is 43.0 Å². The molecule has 3 aromatic rings. The lowest BCUT2D eigenvalue weighted by Gasteiger charge is -2.27. The maximum absolute atomic E-state index is 13.5. The van der Waals surface area contributed by atoms with Crippen LogP contribution < -0.4 is 10.9 Å². The largest absolute Gasteiger partial charge is 0.325 e. The molecule has 0 aliphatic carbocycles. The zero-order chi connectivity index (χ0) is 22.2. The van der Waals surface area contributed by atoms with Gasteiger partial charge in [-0.1, -0.05) is 38.0 Å². The molecule has 8 heteroatoms. The third kappa shape index (κ3) is 3.58. The van der Waals surface area contributed by atoms with Gasteiger partial charge < -0.3 is 5.32 Å². The first-order chi connectivity index (χ1) is 14.9. The highest BCUT2D eigenvalue weighted by molar-refractivity contribution is 6.07. The second-order valence-electron chi connectivity index (χ2n) is 7.81. The number of amides is 3. The van der Waals surface area contributed by atoms with Crippen LogP contribution >= 0.6 is 0 Å². The summed E-state index contributed by atoms with van der Waals surface area (Å²) in [6.07, 6.45) is 3.54. The third-order valence-corrected chi connectivity index (χ3v) is 5.68. The van der Waals surface area contributed by atoms with Crippen molar-refractivity contribution in [2.75, 3.05) is 0 Å². The fraction of sp³-hybridized carbons (Fsp3) is 0.304. The van der Waals surface area contributed by atoms with E-state index in [2.05, 4.69) is 10.3 Å². The number of aryl methyl sites for hydroxylation is 1. The normalized spacial score (nSPS) is 18.6. The second-order valence-corrected chi connectivity index (χ2v) is 7.81. The van der Waals surface area contributed by atoms with E-state index in [0.717, 1.165) is 16.9 Å². The molecule has 0 spiro atoms. The molecule has 0 unspecified atom stereocenters. The molecule has 1 atom stereocenters. The third-order valence-electron chi connectivity index (χ3n) is 5.68. The average molecular weight is 422 g/mol. The van der Waals surface area contributed by atoms with Crippen molar-refractivity contribution in [2.24, 2.45) is 0 Å². The van der Waals surface area contributed by atoms with E-state index in [1.54, 1.807) is 12.3 Å². The summed E-state index contributed by atoms with van der Waals surface area (Å²) in [6, 6.07) is 9.97. The monoisotopic (exact) mass is 422 g/mol. The molecular weight excluding hydrogens is 399 g/mol. The van der Waals surface area contributed by atoms with Crippen LogP contribution in [-0.2, 0) is 16.9 Å². The number of hydrogen-bond donors (Lipinski definition) is 1. The smallest absolute Gasteiger partial charge is 0.319 e. The Labute approximate surface area is 178 Å². The van der Waals surface area contributed by atoms with E-state index in [1.807, 2.05) is 19.9 Å². The highest BCUT2D eigenvalue weighted by Crippen LogP contribution is 2.35. The lowest BCUT2D eigenvalue weighted by Crippen LogP contribution is -2.44. The molecule has 7 nitrogen and oxygen atoms in total. The molecule has 3 heterocycles. The Balaban J connectivity index is 1.71. The molecule has 0 radical (unpaired) electrons. The number of unbranched alkanes of at least 4 members (excludes halogenated alkanes) is 1. The van der Waals surface area contributed by atoms with Gasteiger partial charge in [-0.05, 0) is 42.7 Å². The van der Waals surface area contributed by atoms with Crippen LogP contribution in [0.15, 0.2) is 53.5 Å². The Bertz CT molecular complexity index is 1220. The van der Waals surface area contributed by atoms with Gasteiger partial charge in [0.25, 0.3) is 11.5 Å². The van der Waals surface area contributed by atoms with Crippen LogP contribution in [0.3, 0.4) is 0 Å². The molecule has 1 N–H and O–H groups in total. The van der Waals surface area contributed by atoms with Gasteiger partial charge in [0.1, 0.15) is 17.0 Å². The highest BCUT2D eigenvalue weighted by Gasteiger charge is 2.51. The maximum Gasteiger partial charge on any atom is 0.325 e. The van der Waals surface area contributed by atoms with Crippen molar-refractivity contribution in [2.45, 2.75) is 45.2 Å². The van der Waals surface area contributed by atoms with Crippen molar-refractivity contribution in [1.29, 1.82) is 0 Å². The minimum atomic E-state index is -1.26. The molecule has 1 aliphatic heterocycles. The Morgan fingerprint density at radius 1 is 1.13 bits per heavy atom. The summed E-state index contributed by atoms with van der Waals surface area (Å²) >= 11 is 0. The summed E-state index contributed by atoms with van der Waals surface area (Å²) < 4.78 is 14.9. The van der Waals surface area contributed by atoms with E-state index in [1.165, 1.54) is 34.7 Å². The van der Waals surface area contributed by atoms with E-state index in [-0.39, 0.29) is 12.1 Å². The molecule has 1 aliphatic rings. The van der Waals surface area contributed by atoms with Crippen molar-refractivity contribution in [3.8, 4) is 0 Å². The van der Waals surface area contributed by atoms with Gasteiger partial charge in [-0.3, -0.25) is 18.9 Å². The zero-order valence-electron chi connectivity index (χ0n) is 17.4. The first kappa shape index (κ1) is 20.7. The number of nitrogens with one attached hydrogen (secondary N) is 1. The van der Waals surface area contributed by atoms with Crippen LogP contribution in [0.2, 0.25) is 0 Å². The van der Waals surface area contributed by atoms with Crippen molar-refractivity contribution < 1.29 is 14.0 Å². The topological polar surface area (TPSA) is 83.8 Å². The SMILES string of the molecule is CCCC[C@]1(c2ccc(F)cc2)NC(=O)N(Cc2cc(=O)n3cccc(C)c3n2)C1=O. The van der Waals surface area contributed by atoms with Gasteiger partial charge in [0.05, 0.1) is 12.2 Å². The Kier molecular flexibility index (Phi) is 5.31. The second kappa shape index (κ2) is 7.94. The molecule has 1 aromatic carbocycles. The van der Waals surface area contributed by atoms with Crippen LogP contribution in [0.25, 0.3) is 5.65 Å². The number of aromatic nitrogens is 2. The van der Waals surface area contributed by atoms with E-state index in [0.29, 0.717) is 29.7 Å². The number of carbonyl (C=O) groups is 2. The first-order valence-corrected chi connectivity index (χ1v) is 10.2. The molecule has 0 bridgehead atoms. The highest BCUT2D eigenvalue weighted by atomic mass is 19.1. The summed E-state index contributed by atoms with van der Waals surface area (Å²) in [6.45, 7) is 3.70. The number of hydrogen-bond acceptors (Lipinski definition) is 4. The van der Waals surface area contributed by atoms with E-state index in [4.69, 9.17) is 0 Å². The van der Waals surface area contributed by atoms with Crippen LogP contribution in [0, 0.1) is 12.7 Å². The summed E-state index contributed by atoms with van der Waals surface area (Å²) in [5.74, 6) is -0.844. The Morgan fingerprint density at radius 3 is 2.58 bits per heavy atom. The van der Waals surface area contributed by atoms with Crippen LogP contribution in [0.5, 0.6) is 0 Å². The molecule has 1 fully saturated rings. The molecule has 1 saturated heterocycles. The predicted molar refractivity (Wildman–Crippen MR) is 113 cm³/mol. The molecule has 31 heavy (non-hydrogen) atoms. The Morgan fingerprint density at radius 2 is 1.87 bits per heavy atom. The van der Waals surface area contributed by atoms with E-state index in [9.17, 15) is 18.8 Å². The van der Waals surface area contributed by atoms with E-state index >= 15 is 0 Å². The van der Waals surface area contributed by atoms with Gasteiger partial charge in [-0.25, -0.2) is 14.2 Å². The summed E-state index contributed by atoms with van der Waals surface area (Å²) in [5.41, 5.74) is 0.600. The minimum absolute atomic E-state index is 0.125. The number of nitrogens with zero attached hydrogens (tertiary/aromatic N) is 3. The molecule has 4 rings (SSSR count). The van der Waals surface area contributed by atoms with Gasteiger partial charge in [0.2, 0.25) is 0 Å². The lowest BCUT2D eigenvalue weighted by atomic mass is 9.84. The van der Waals surface area contributed by atoms with Gasteiger partial charge in [0.15, 0.2) is 0 Å². The predicted octanol–water partition coefficient (Wildman–Crippen LogP) is 3.28. The summed E-state index contributed by atoms with van der Waals surface area (Å²) in [5, 5.41) is 2.83. The number of urea groups is 1. The fourth-order valence-electron chi connectivity index (χ4n) is 4.01. The van der Waals surface area contributed by atoms with Gasteiger partial charge >= 0.3 is 6.03 Å². The maximum atomic E-state index is 13.5. The summed E-state index contributed by atoms with van der Waals surface area (Å²) in [4.78, 5) is 44.4. The number of halogens is 1. The standard InChI is InChI=1S/C23H23FN4O3/c1-3-4-11-23(16-7-9-17(24)10-8-16)21(30)28(22(31)26-23)14-18-13-19(29)27-12-5-6-15(2)20(27)25-18/h5-10,12-13H,3-4,11,14H2,1-2H3,(H,26,31)/t23-/m1/s1. The van der Waals surface area contributed by atoms with Crippen molar-refractivity contribution in [3.05, 3.63) is 81.7 Å². The average Bonchev–Trinajstić information content (AvgIpc) is 2.99. The Hall–Kier alpha value is -3.55. The molecule has 160 valence electrons. The van der Waals surface area contributed by atoms with Crippen LogP contribution in [0.4, 0.5) is 9.18 Å². The van der Waals surface area contributed by atoms with E-state index < -0.39 is 23.3 Å². The summed E-state index contributed by atoms with van der Waals surface area (Å²) in [7, 11) is 0. The minimum Gasteiger partial charge on any atom is -0.319 e. The number of imide groups is 1. The van der Waals surface area contributed by atoms with Gasteiger partial charge in [-0.15, -0.1) is 0 Å². The number of benzene rings is 1. The zero-order valence-corrected chi connectivity index (χ0v) is 17.4. The lowest BCUT2D eigenvalue weighted by molar-refractivity contribution is -0.132. The number of carbonyl (C=O) groups excluding carboxylic acids is 2. The van der Waals surface area contributed by atoms with Crippen molar-refractivity contribution >= 4 is 17.6 Å². The first-order valence-electron chi connectivity index (χ1n) is 10.2. The van der Waals surface area contributed by atoms with Crippen molar-refractivity contribution in [3.63, 3.8) is 0 Å². The number of rotatable bonds is 6. The van der Waals surface area contributed by atoms with Gasteiger partial charge in [0, 0.05) is 12.3 Å². The quantitative estimate of drug-likeness (QED) is 0.618. The van der Waals surface area contributed by atoms with Crippen LogP contribution in [-0.4, -0.2) is 26.2 Å². The number of pyridine rings is 1. The van der Waals surface area contributed by atoms with Gasteiger partial charge in [-0.2, -0.15) is 0 Å². The molecule has 2 aromatic heterocycles. The molecular formula is C23H23FN4O3. The molecule has 3 amide bonds. The number of fused-ring (bicyclic) bond motifs is 1. The van der Waals surface area contributed by atoms with Crippen molar-refractivity contribution in [1.82, 2.24) is 19.6 Å². The fourth-order valence-corrected chi connectivity index (χ4v) is 4.01.